The molecule has 0 aromatic heterocycles. The fourth-order valence-corrected chi connectivity index (χ4v) is 1.35. The van der Waals surface area contributed by atoms with Crippen LogP contribution in [0.15, 0.2) is 4.99 Å². The van der Waals surface area contributed by atoms with Crippen LogP contribution in [0.25, 0.3) is 0 Å². The van der Waals surface area contributed by atoms with Gasteiger partial charge in [0.25, 0.3) is 0 Å². The van der Waals surface area contributed by atoms with Crippen molar-refractivity contribution in [1.29, 1.82) is 0 Å². The Kier molecular flexibility index (Phi) is 2.30. The quantitative estimate of drug-likeness (QED) is 0.618. The average molecular weight is 140 g/mol. The van der Waals surface area contributed by atoms with Crippen molar-refractivity contribution in [3.63, 3.8) is 0 Å². The molecule has 0 saturated carbocycles. The van der Waals surface area contributed by atoms with Crippen LogP contribution in [0.2, 0.25) is 0 Å². The van der Waals surface area contributed by atoms with Crippen LogP contribution in [0.5, 0.6) is 0 Å². The number of aliphatic imine (C=N–C) groups is 1. The van der Waals surface area contributed by atoms with Gasteiger partial charge in [-0.25, -0.2) is 0 Å². The smallest absolute Gasteiger partial charge is 0.0940 e. The molecule has 0 bridgehead atoms. The number of nitrogens with two attached hydrogens (primary N) is 1. The van der Waals surface area contributed by atoms with Crippen LogP contribution >= 0.6 is 0 Å². The van der Waals surface area contributed by atoms with Gasteiger partial charge in [0.15, 0.2) is 0 Å². The van der Waals surface area contributed by atoms with E-state index in [9.17, 15) is 0 Å². The largest absolute Gasteiger partial charge is 0.387 e. The van der Waals surface area contributed by atoms with Crippen molar-refractivity contribution < 1.29 is 0 Å². The summed E-state index contributed by atoms with van der Waals surface area (Å²) >= 11 is 0. The van der Waals surface area contributed by atoms with Crippen molar-refractivity contribution in [3.8, 4) is 0 Å². The number of nitrogens with zero attached hydrogens (tertiary/aromatic N) is 1. The van der Waals surface area contributed by atoms with E-state index in [1.54, 1.807) is 0 Å². The van der Waals surface area contributed by atoms with E-state index in [0.29, 0.717) is 0 Å². The predicted octanol–water partition coefficient (Wildman–Crippen LogP) is 1.41. The highest BCUT2D eigenvalue weighted by molar-refractivity contribution is 5.82. The number of hydrogen-bond acceptors (Lipinski definition) is 2. The maximum atomic E-state index is 5.57. The molecular weight excluding hydrogens is 124 g/mol. The lowest BCUT2D eigenvalue weighted by Crippen LogP contribution is -2.15. The zero-order valence-corrected chi connectivity index (χ0v) is 6.80. The third kappa shape index (κ3) is 1.49. The SMILES string of the molecule is CCC(C)C1CN=C(N)C1. The molecule has 1 aliphatic heterocycles. The van der Waals surface area contributed by atoms with Crippen molar-refractivity contribution in [1.82, 2.24) is 0 Å². The van der Waals surface area contributed by atoms with Gasteiger partial charge in [-0.1, -0.05) is 20.3 Å². The summed E-state index contributed by atoms with van der Waals surface area (Å²) in [7, 11) is 0. The first kappa shape index (κ1) is 7.58. The van der Waals surface area contributed by atoms with Gasteiger partial charge in [-0.2, -0.15) is 0 Å². The topological polar surface area (TPSA) is 38.4 Å². The van der Waals surface area contributed by atoms with Gasteiger partial charge in [0, 0.05) is 13.0 Å². The van der Waals surface area contributed by atoms with Crippen LogP contribution in [-0.4, -0.2) is 12.4 Å². The summed E-state index contributed by atoms with van der Waals surface area (Å²) < 4.78 is 0. The maximum Gasteiger partial charge on any atom is 0.0940 e. The summed E-state index contributed by atoms with van der Waals surface area (Å²) in [6.45, 7) is 5.46. The van der Waals surface area contributed by atoms with Gasteiger partial charge in [0.05, 0.1) is 5.84 Å². The van der Waals surface area contributed by atoms with Gasteiger partial charge in [-0.3, -0.25) is 4.99 Å². The molecule has 0 aromatic rings. The van der Waals surface area contributed by atoms with Crippen LogP contribution in [0.4, 0.5) is 0 Å². The Morgan fingerprint density at radius 1 is 1.80 bits per heavy atom. The molecule has 0 saturated heterocycles. The second kappa shape index (κ2) is 3.04. The molecule has 0 aromatic carbocycles. The summed E-state index contributed by atoms with van der Waals surface area (Å²) in [5.74, 6) is 2.36. The molecule has 0 aliphatic carbocycles. The number of hydrogen-bond donors (Lipinski definition) is 1. The van der Waals surface area contributed by atoms with Crippen LogP contribution in [-0.2, 0) is 0 Å². The van der Waals surface area contributed by atoms with Crippen molar-refractivity contribution in [2.24, 2.45) is 22.6 Å². The van der Waals surface area contributed by atoms with Crippen molar-refractivity contribution in [2.45, 2.75) is 26.7 Å². The van der Waals surface area contributed by atoms with Crippen molar-refractivity contribution in [2.75, 3.05) is 6.54 Å². The molecule has 0 spiro atoms. The highest BCUT2D eigenvalue weighted by Crippen LogP contribution is 2.22. The van der Waals surface area contributed by atoms with Crippen molar-refractivity contribution >= 4 is 5.84 Å². The minimum Gasteiger partial charge on any atom is -0.387 e. The molecule has 2 N–H and O–H groups in total. The van der Waals surface area contributed by atoms with E-state index >= 15 is 0 Å². The average Bonchev–Trinajstić information content (AvgIpc) is 2.34. The molecule has 0 radical (unpaired) electrons. The second-order valence-corrected chi connectivity index (χ2v) is 3.18. The lowest BCUT2D eigenvalue weighted by Gasteiger charge is -2.14. The summed E-state index contributed by atoms with van der Waals surface area (Å²) in [6, 6.07) is 0. The van der Waals surface area contributed by atoms with Gasteiger partial charge >= 0.3 is 0 Å². The Balaban J connectivity index is 2.34. The number of rotatable bonds is 2. The highest BCUT2D eigenvalue weighted by atomic mass is 14.9. The normalized spacial score (nSPS) is 28.2. The molecule has 0 fully saturated rings. The van der Waals surface area contributed by atoms with Gasteiger partial charge in [-0.05, 0) is 11.8 Å². The summed E-state index contributed by atoms with van der Waals surface area (Å²) in [5.41, 5.74) is 5.57. The Morgan fingerprint density at radius 2 is 2.50 bits per heavy atom. The van der Waals surface area contributed by atoms with Crippen LogP contribution in [0.1, 0.15) is 26.7 Å². The fourth-order valence-electron chi connectivity index (χ4n) is 1.35. The van der Waals surface area contributed by atoms with E-state index in [1.165, 1.54) is 6.42 Å². The minimum absolute atomic E-state index is 0.727. The predicted molar refractivity (Wildman–Crippen MR) is 44.1 cm³/mol. The van der Waals surface area contributed by atoms with Gasteiger partial charge in [-0.15, -0.1) is 0 Å². The minimum atomic E-state index is 0.727. The molecule has 58 valence electrons. The van der Waals surface area contributed by atoms with E-state index < -0.39 is 0 Å². The Hall–Kier alpha value is -0.530. The third-order valence-electron chi connectivity index (χ3n) is 2.45. The molecular formula is C8H16N2. The Bertz CT molecular complexity index is 140. The van der Waals surface area contributed by atoms with E-state index in [1.807, 2.05) is 0 Å². The molecule has 0 amide bonds. The van der Waals surface area contributed by atoms with Crippen LogP contribution in [0, 0.1) is 11.8 Å². The van der Waals surface area contributed by atoms with Gasteiger partial charge in [0.2, 0.25) is 0 Å². The summed E-state index contributed by atoms with van der Waals surface area (Å²) in [4.78, 5) is 4.18. The molecule has 2 atom stereocenters. The first-order valence-electron chi connectivity index (χ1n) is 4.02. The van der Waals surface area contributed by atoms with Gasteiger partial charge < -0.3 is 5.73 Å². The fraction of sp³-hybridized carbons (Fsp3) is 0.875. The molecule has 2 unspecified atom stereocenters. The molecule has 1 aliphatic rings. The Labute approximate surface area is 62.5 Å². The maximum absolute atomic E-state index is 5.57. The summed E-state index contributed by atoms with van der Waals surface area (Å²) in [5, 5.41) is 0. The second-order valence-electron chi connectivity index (χ2n) is 3.18. The van der Waals surface area contributed by atoms with Crippen LogP contribution in [0.3, 0.4) is 0 Å². The standard InChI is InChI=1S/C8H16N2/c1-3-6(2)7-4-8(9)10-5-7/h6-7H,3-5H2,1-2H3,(H2,9,10). The molecule has 2 heteroatoms. The van der Waals surface area contributed by atoms with E-state index in [2.05, 4.69) is 18.8 Å². The monoisotopic (exact) mass is 140 g/mol. The molecule has 10 heavy (non-hydrogen) atoms. The van der Waals surface area contributed by atoms with E-state index in [0.717, 1.165) is 30.6 Å². The zero-order valence-electron chi connectivity index (χ0n) is 6.80. The molecule has 2 nitrogen and oxygen atoms in total. The third-order valence-corrected chi connectivity index (χ3v) is 2.45. The van der Waals surface area contributed by atoms with E-state index in [-0.39, 0.29) is 0 Å². The molecule has 1 rings (SSSR count). The highest BCUT2D eigenvalue weighted by Gasteiger charge is 2.20. The van der Waals surface area contributed by atoms with Crippen LogP contribution < -0.4 is 5.73 Å². The molecule has 1 heterocycles. The van der Waals surface area contributed by atoms with E-state index in [4.69, 9.17) is 5.73 Å². The lowest BCUT2D eigenvalue weighted by atomic mass is 9.90. The number of amidine groups is 1. The van der Waals surface area contributed by atoms with Crippen molar-refractivity contribution in [3.05, 3.63) is 0 Å². The zero-order chi connectivity index (χ0) is 7.56. The summed E-state index contributed by atoms with van der Waals surface area (Å²) in [6.07, 6.45) is 2.27. The first-order chi connectivity index (χ1) is 4.74. The Morgan fingerprint density at radius 3 is 2.90 bits per heavy atom. The van der Waals surface area contributed by atoms with Gasteiger partial charge in [0.1, 0.15) is 0 Å². The first-order valence-corrected chi connectivity index (χ1v) is 4.02. The lowest BCUT2D eigenvalue weighted by molar-refractivity contribution is 0.382.